The first-order valence-corrected chi connectivity index (χ1v) is 6.92. The number of likely N-dealkylation sites (tertiary alicyclic amines) is 2. The predicted octanol–water partition coefficient (Wildman–Crippen LogP) is 1.50. The Hall–Kier alpha value is -1.59. The summed E-state index contributed by atoms with van der Waals surface area (Å²) >= 11 is 0. The second-order valence-corrected chi connectivity index (χ2v) is 5.78. The van der Waals surface area contributed by atoms with Gasteiger partial charge in [0, 0.05) is 39.2 Å². The monoisotopic (exact) mass is 276 g/mol. The van der Waals surface area contributed by atoms with Crippen molar-refractivity contribution in [1.29, 1.82) is 0 Å². The summed E-state index contributed by atoms with van der Waals surface area (Å²) in [4.78, 5) is 15.0. The van der Waals surface area contributed by atoms with Gasteiger partial charge in [-0.05, 0) is 5.56 Å². The number of carbonyl (C=O) groups is 1. The average molecular weight is 276 g/mol. The summed E-state index contributed by atoms with van der Waals surface area (Å²) < 4.78 is 5.72. The van der Waals surface area contributed by atoms with Gasteiger partial charge in [-0.25, -0.2) is 4.79 Å². The SMILES string of the molecule is CO[C@@]12CN(Cc3ccccc3)C[C@@H]1CN(C(=O)O)C2. The molecule has 1 amide bonds. The van der Waals surface area contributed by atoms with Crippen LogP contribution in [0.5, 0.6) is 0 Å². The Balaban J connectivity index is 1.69. The number of fused-ring (bicyclic) bond motifs is 1. The maximum Gasteiger partial charge on any atom is 0.407 e. The smallest absolute Gasteiger partial charge is 0.407 e. The van der Waals surface area contributed by atoms with Crippen LogP contribution < -0.4 is 0 Å². The molecule has 1 aromatic carbocycles. The van der Waals surface area contributed by atoms with Crippen LogP contribution in [0.4, 0.5) is 4.79 Å². The van der Waals surface area contributed by atoms with Gasteiger partial charge in [-0.3, -0.25) is 4.90 Å². The lowest BCUT2D eigenvalue weighted by atomic mass is 9.95. The lowest BCUT2D eigenvalue weighted by Crippen LogP contribution is -2.43. The largest absolute Gasteiger partial charge is 0.465 e. The molecule has 2 aliphatic rings. The molecule has 0 radical (unpaired) electrons. The fourth-order valence-corrected chi connectivity index (χ4v) is 3.51. The minimum atomic E-state index is -0.842. The van der Waals surface area contributed by atoms with Crippen molar-refractivity contribution in [3.8, 4) is 0 Å². The van der Waals surface area contributed by atoms with E-state index in [0.717, 1.165) is 19.6 Å². The molecule has 0 saturated carbocycles. The Morgan fingerprint density at radius 1 is 1.35 bits per heavy atom. The molecule has 0 bridgehead atoms. The van der Waals surface area contributed by atoms with Crippen molar-refractivity contribution in [2.45, 2.75) is 12.1 Å². The van der Waals surface area contributed by atoms with Crippen LogP contribution in [-0.2, 0) is 11.3 Å². The van der Waals surface area contributed by atoms with E-state index in [0.29, 0.717) is 13.1 Å². The Morgan fingerprint density at radius 3 is 2.70 bits per heavy atom. The Labute approximate surface area is 118 Å². The molecule has 1 aromatic rings. The summed E-state index contributed by atoms with van der Waals surface area (Å²) in [6.45, 7) is 3.65. The first-order valence-electron chi connectivity index (χ1n) is 6.92. The number of carboxylic acid groups (broad SMARTS) is 1. The summed E-state index contributed by atoms with van der Waals surface area (Å²) in [5.41, 5.74) is 0.960. The van der Waals surface area contributed by atoms with Crippen LogP contribution in [-0.4, -0.2) is 59.9 Å². The number of benzene rings is 1. The number of methoxy groups -OCH3 is 1. The van der Waals surface area contributed by atoms with E-state index in [1.807, 2.05) is 18.2 Å². The van der Waals surface area contributed by atoms with Crippen molar-refractivity contribution in [2.75, 3.05) is 33.3 Å². The van der Waals surface area contributed by atoms with Crippen molar-refractivity contribution in [3.05, 3.63) is 35.9 Å². The van der Waals surface area contributed by atoms with Crippen molar-refractivity contribution < 1.29 is 14.6 Å². The van der Waals surface area contributed by atoms with E-state index in [1.54, 1.807) is 7.11 Å². The van der Waals surface area contributed by atoms with Crippen LogP contribution in [0, 0.1) is 5.92 Å². The molecular formula is C15H20N2O3. The highest BCUT2D eigenvalue weighted by Crippen LogP contribution is 2.38. The molecule has 20 heavy (non-hydrogen) atoms. The van der Waals surface area contributed by atoms with E-state index in [4.69, 9.17) is 9.84 Å². The minimum absolute atomic E-state index is 0.271. The van der Waals surface area contributed by atoms with Crippen LogP contribution in [0.2, 0.25) is 0 Å². The van der Waals surface area contributed by atoms with Crippen LogP contribution in [0.15, 0.2) is 30.3 Å². The molecule has 5 nitrogen and oxygen atoms in total. The number of nitrogens with zero attached hydrogens (tertiary/aromatic N) is 2. The van der Waals surface area contributed by atoms with Crippen molar-refractivity contribution >= 4 is 6.09 Å². The molecule has 2 heterocycles. The molecule has 108 valence electrons. The van der Waals surface area contributed by atoms with Gasteiger partial charge in [-0.1, -0.05) is 30.3 Å². The molecule has 2 saturated heterocycles. The zero-order valence-corrected chi connectivity index (χ0v) is 11.7. The molecule has 0 aliphatic carbocycles. The van der Waals surface area contributed by atoms with Gasteiger partial charge in [-0.15, -0.1) is 0 Å². The number of rotatable bonds is 3. The van der Waals surface area contributed by atoms with Crippen LogP contribution in [0.1, 0.15) is 5.56 Å². The normalized spacial score (nSPS) is 29.6. The Kier molecular flexibility index (Phi) is 3.40. The maximum atomic E-state index is 11.1. The van der Waals surface area contributed by atoms with Crippen molar-refractivity contribution in [2.24, 2.45) is 5.92 Å². The standard InChI is InChI=1S/C15H20N2O3/c1-20-15-10-16(7-12-5-3-2-4-6-12)8-13(15)9-17(11-15)14(18)19/h2-6,13H,7-11H2,1H3,(H,18,19)/t13-,15-/m1/s1. The number of ether oxygens (including phenoxy) is 1. The van der Waals surface area contributed by atoms with Crippen LogP contribution in [0.3, 0.4) is 0 Å². The number of hydrogen-bond acceptors (Lipinski definition) is 3. The molecule has 5 heteroatoms. The lowest BCUT2D eigenvalue weighted by molar-refractivity contribution is -0.0122. The van der Waals surface area contributed by atoms with E-state index in [1.165, 1.54) is 10.5 Å². The molecule has 0 spiro atoms. The van der Waals surface area contributed by atoms with Gasteiger partial charge in [0.1, 0.15) is 5.60 Å². The van der Waals surface area contributed by atoms with E-state index in [9.17, 15) is 4.79 Å². The van der Waals surface area contributed by atoms with Gasteiger partial charge >= 0.3 is 6.09 Å². The molecule has 2 atom stereocenters. The fraction of sp³-hybridized carbons (Fsp3) is 0.533. The summed E-state index contributed by atoms with van der Waals surface area (Å²) in [6, 6.07) is 10.4. The van der Waals surface area contributed by atoms with Crippen LogP contribution >= 0.6 is 0 Å². The maximum absolute atomic E-state index is 11.1. The fourth-order valence-electron chi connectivity index (χ4n) is 3.51. The summed E-state index contributed by atoms with van der Waals surface area (Å²) in [5.74, 6) is 0.271. The van der Waals surface area contributed by atoms with E-state index in [2.05, 4.69) is 17.0 Å². The first-order chi connectivity index (χ1) is 9.63. The molecule has 2 fully saturated rings. The van der Waals surface area contributed by atoms with Gasteiger partial charge < -0.3 is 14.7 Å². The van der Waals surface area contributed by atoms with Gasteiger partial charge in [0.2, 0.25) is 0 Å². The Morgan fingerprint density at radius 2 is 2.10 bits per heavy atom. The highest BCUT2D eigenvalue weighted by molar-refractivity contribution is 5.65. The molecule has 1 N–H and O–H groups in total. The summed E-state index contributed by atoms with van der Waals surface area (Å²) in [5, 5.41) is 9.14. The van der Waals surface area contributed by atoms with Crippen molar-refractivity contribution in [1.82, 2.24) is 9.80 Å². The second kappa shape index (κ2) is 5.07. The number of hydrogen-bond donors (Lipinski definition) is 1. The van der Waals surface area contributed by atoms with Gasteiger partial charge in [0.25, 0.3) is 0 Å². The number of amides is 1. The predicted molar refractivity (Wildman–Crippen MR) is 74.5 cm³/mol. The van der Waals surface area contributed by atoms with Gasteiger partial charge in [0.15, 0.2) is 0 Å². The quantitative estimate of drug-likeness (QED) is 0.909. The van der Waals surface area contributed by atoms with E-state index >= 15 is 0 Å². The average Bonchev–Trinajstić information content (AvgIpc) is 2.94. The van der Waals surface area contributed by atoms with Crippen molar-refractivity contribution in [3.63, 3.8) is 0 Å². The third-order valence-electron chi connectivity index (χ3n) is 4.54. The first kappa shape index (κ1) is 13.4. The summed E-state index contributed by atoms with van der Waals surface area (Å²) in [6.07, 6.45) is -0.842. The highest BCUT2D eigenvalue weighted by atomic mass is 16.5. The van der Waals surface area contributed by atoms with E-state index in [-0.39, 0.29) is 11.5 Å². The minimum Gasteiger partial charge on any atom is -0.465 e. The van der Waals surface area contributed by atoms with Gasteiger partial charge in [0.05, 0.1) is 6.54 Å². The Bertz CT molecular complexity index is 493. The molecular weight excluding hydrogens is 256 g/mol. The molecule has 0 unspecified atom stereocenters. The zero-order valence-electron chi connectivity index (χ0n) is 11.7. The summed E-state index contributed by atoms with van der Waals surface area (Å²) in [7, 11) is 1.70. The van der Waals surface area contributed by atoms with Gasteiger partial charge in [-0.2, -0.15) is 0 Å². The molecule has 3 rings (SSSR count). The second-order valence-electron chi connectivity index (χ2n) is 5.78. The topological polar surface area (TPSA) is 53.0 Å². The lowest BCUT2D eigenvalue weighted by Gasteiger charge is -2.27. The highest BCUT2D eigenvalue weighted by Gasteiger charge is 2.54. The van der Waals surface area contributed by atoms with Crippen LogP contribution in [0.25, 0.3) is 0 Å². The van der Waals surface area contributed by atoms with E-state index < -0.39 is 6.09 Å². The third-order valence-corrected chi connectivity index (χ3v) is 4.54. The third kappa shape index (κ3) is 2.27. The molecule has 2 aliphatic heterocycles. The zero-order chi connectivity index (χ0) is 14.2. The molecule has 0 aromatic heterocycles.